The van der Waals surface area contributed by atoms with Crippen LogP contribution in [0, 0.1) is 11.3 Å². The Bertz CT molecular complexity index is 999. The van der Waals surface area contributed by atoms with E-state index in [-0.39, 0.29) is 11.5 Å². The predicted molar refractivity (Wildman–Crippen MR) is 102 cm³/mol. The Morgan fingerprint density at radius 3 is 2.52 bits per heavy atom. The zero-order valence-electron chi connectivity index (χ0n) is 16.0. The van der Waals surface area contributed by atoms with E-state index < -0.39 is 30.0 Å². The first-order chi connectivity index (χ1) is 13.9. The lowest BCUT2D eigenvalue weighted by molar-refractivity contribution is -0.141. The van der Waals surface area contributed by atoms with E-state index in [4.69, 9.17) is 14.7 Å². The number of benzene rings is 2. The molecule has 0 spiro atoms. The van der Waals surface area contributed by atoms with Gasteiger partial charge in [-0.1, -0.05) is 37.3 Å². The Hall–Kier alpha value is -3.86. The minimum Gasteiger partial charge on any atom is -0.493 e. The molecule has 0 saturated carbocycles. The molecule has 148 valence electrons. The summed E-state index contributed by atoms with van der Waals surface area (Å²) in [6, 6.07) is 14.5. The lowest BCUT2D eigenvalue weighted by Gasteiger charge is -2.25. The molecule has 1 fully saturated rings. The zero-order chi connectivity index (χ0) is 21.0. The number of hydrogen-bond acceptors (Lipinski definition) is 6. The number of carbonyl (C=O) groups excluding carboxylic acids is 3. The lowest BCUT2D eigenvalue weighted by Crippen LogP contribution is -2.44. The largest absolute Gasteiger partial charge is 0.493 e. The summed E-state index contributed by atoms with van der Waals surface area (Å²) in [6.07, 6.45) is 0.330. The standard InChI is InChI=1S/C21H19N3O5/c1-3-21(15-7-5-4-6-8-15)19(26)24(20(27)23-21)13-18(25)29-16-10-9-14(12-22)11-17(16)28-2/h4-11H,3,13H2,1-2H3,(H,23,27). The van der Waals surface area contributed by atoms with Gasteiger partial charge in [-0.15, -0.1) is 0 Å². The topological polar surface area (TPSA) is 109 Å². The SMILES string of the molecule is CCC1(c2ccccc2)NC(=O)N(CC(=O)Oc2ccc(C#N)cc2OC)C1=O. The molecule has 8 nitrogen and oxygen atoms in total. The first kappa shape index (κ1) is 19.9. The van der Waals surface area contributed by atoms with Gasteiger partial charge in [0.25, 0.3) is 5.91 Å². The summed E-state index contributed by atoms with van der Waals surface area (Å²) in [5, 5.41) is 11.7. The van der Waals surface area contributed by atoms with Gasteiger partial charge >= 0.3 is 12.0 Å². The summed E-state index contributed by atoms with van der Waals surface area (Å²) in [6.45, 7) is 1.23. The maximum absolute atomic E-state index is 13.0. The van der Waals surface area contributed by atoms with E-state index in [2.05, 4.69) is 5.32 Å². The number of ether oxygens (including phenoxy) is 2. The van der Waals surface area contributed by atoms with Gasteiger partial charge in [0.15, 0.2) is 11.5 Å². The maximum Gasteiger partial charge on any atom is 0.331 e. The molecule has 1 aliphatic rings. The van der Waals surface area contributed by atoms with Crippen molar-refractivity contribution in [3.63, 3.8) is 0 Å². The van der Waals surface area contributed by atoms with Gasteiger partial charge in [-0.3, -0.25) is 9.69 Å². The van der Waals surface area contributed by atoms with E-state index >= 15 is 0 Å². The first-order valence-corrected chi connectivity index (χ1v) is 8.93. The van der Waals surface area contributed by atoms with Crippen molar-refractivity contribution in [1.29, 1.82) is 5.26 Å². The molecular formula is C21H19N3O5. The number of imide groups is 1. The fourth-order valence-corrected chi connectivity index (χ4v) is 3.24. The predicted octanol–water partition coefficient (Wildman–Crippen LogP) is 2.33. The second-order valence-electron chi connectivity index (χ2n) is 6.40. The van der Waals surface area contributed by atoms with Crippen LogP contribution >= 0.6 is 0 Å². The highest BCUT2D eigenvalue weighted by Crippen LogP contribution is 2.33. The molecule has 2 aromatic rings. The minimum atomic E-state index is -1.22. The summed E-state index contributed by atoms with van der Waals surface area (Å²) >= 11 is 0. The Labute approximate surface area is 167 Å². The van der Waals surface area contributed by atoms with Gasteiger partial charge in [-0.05, 0) is 24.1 Å². The Morgan fingerprint density at radius 1 is 1.17 bits per heavy atom. The van der Waals surface area contributed by atoms with Crippen LogP contribution in [0.15, 0.2) is 48.5 Å². The third-order valence-electron chi connectivity index (χ3n) is 4.78. The van der Waals surface area contributed by atoms with Crippen LogP contribution in [-0.2, 0) is 15.1 Å². The van der Waals surface area contributed by atoms with Crippen molar-refractivity contribution in [2.45, 2.75) is 18.9 Å². The van der Waals surface area contributed by atoms with Crippen LogP contribution in [0.1, 0.15) is 24.5 Å². The van der Waals surface area contributed by atoms with Crippen LogP contribution in [0.4, 0.5) is 4.79 Å². The molecule has 1 aliphatic heterocycles. The molecule has 1 N–H and O–H groups in total. The van der Waals surface area contributed by atoms with E-state index in [1.54, 1.807) is 31.2 Å². The Balaban J connectivity index is 1.79. The molecule has 0 aromatic heterocycles. The van der Waals surface area contributed by atoms with E-state index in [0.717, 1.165) is 4.90 Å². The third-order valence-corrected chi connectivity index (χ3v) is 4.78. The van der Waals surface area contributed by atoms with Crippen LogP contribution in [0.25, 0.3) is 0 Å². The van der Waals surface area contributed by atoms with Crippen molar-refractivity contribution >= 4 is 17.9 Å². The number of carbonyl (C=O) groups is 3. The summed E-state index contributed by atoms with van der Waals surface area (Å²) in [4.78, 5) is 38.7. The molecule has 0 radical (unpaired) electrons. The highest BCUT2D eigenvalue weighted by atomic mass is 16.6. The molecule has 29 heavy (non-hydrogen) atoms. The smallest absolute Gasteiger partial charge is 0.331 e. The summed E-state index contributed by atoms with van der Waals surface area (Å²) in [5.74, 6) is -1.04. The minimum absolute atomic E-state index is 0.0911. The number of esters is 1. The van der Waals surface area contributed by atoms with Crippen molar-refractivity contribution in [3.05, 3.63) is 59.7 Å². The van der Waals surface area contributed by atoms with E-state index in [1.165, 1.54) is 25.3 Å². The average Bonchev–Trinajstić information content (AvgIpc) is 2.99. The fraction of sp³-hybridized carbons (Fsp3) is 0.238. The van der Waals surface area contributed by atoms with Gasteiger partial charge in [-0.25, -0.2) is 9.59 Å². The van der Waals surface area contributed by atoms with Crippen molar-refractivity contribution in [3.8, 4) is 17.6 Å². The van der Waals surface area contributed by atoms with Crippen molar-refractivity contribution in [1.82, 2.24) is 10.2 Å². The molecule has 0 aliphatic carbocycles. The van der Waals surface area contributed by atoms with Crippen LogP contribution < -0.4 is 14.8 Å². The number of urea groups is 1. The lowest BCUT2D eigenvalue weighted by atomic mass is 9.87. The second kappa shape index (κ2) is 8.02. The molecule has 3 amide bonds. The number of nitriles is 1. The summed E-state index contributed by atoms with van der Waals surface area (Å²) in [5.41, 5.74) is -0.234. The van der Waals surface area contributed by atoms with E-state index in [0.29, 0.717) is 17.5 Å². The summed E-state index contributed by atoms with van der Waals surface area (Å²) in [7, 11) is 1.38. The van der Waals surface area contributed by atoms with Gasteiger partial charge in [0.1, 0.15) is 12.1 Å². The number of methoxy groups -OCH3 is 1. The monoisotopic (exact) mass is 393 g/mol. The molecule has 3 rings (SSSR count). The van der Waals surface area contributed by atoms with Crippen LogP contribution in [-0.4, -0.2) is 36.5 Å². The van der Waals surface area contributed by atoms with E-state index in [9.17, 15) is 14.4 Å². The number of hydrogen-bond donors (Lipinski definition) is 1. The molecule has 1 atom stereocenters. The fourth-order valence-electron chi connectivity index (χ4n) is 3.24. The van der Waals surface area contributed by atoms with Gasteiger partial charge in [-0.2, -0.15) is 5.26 Å². The third kappa shape index (κ3) is 3.62. The van der Waals surface area contributed by atoms with Crippen molar-refractivity contribution < 1.29 is 23.9 Å². The Kier molecular flexibility index (Phi) is 5.50. The molecule has 1 unspecified atom stereocenters. The maximum atomic E-state index is 13.0. The number of rotatable bonds is 6. The van der Waals surface area contributed by atoms with Gasteiger partial charge in [0.05, 0.1) is 18.7 Å². The highest BCUT2D eigenvalue weighted by molar-refractivity contribution is 6.09. The molecule has 0 bridgehead atoms. The highest BCUT2D eigenvalue weighted by Gasteiger charge is 2.51. The molecular weight excluding hydrogens is 374 g/mol. The molecule has 1 saturated heterocycles. The normalized spacial score (nSPS) is 18.2. The number of nitrogens with one attached hydrogen (secondary N) is 1. The zero-order valence-corrected chi connectivity index (χ0v) is 16.0. The van der Waals surface area contributed by atoms with Crippen LogP contribution in [0.5, 0.6) is 11.5 Å². The van der Waals surface area contributed by atoms with Gasteiger partial charge < -0.3 is 14.8 Å². The van der Waals surface area contributed by atoms with Gasteiger partial charge in [0, 0.05) is 6.07 Å². The number of nitrogens with zero attached hydrogens (tertiary/aromatic N) is 2. The molecule has 1 heterocycles. The van der Waals surface area contributed by atoms with Gasteiger partial charge in [0.2, 0.25) is 0 Å². The molecule has 2 aromatic carbocycles. The second-order valence-corrected chi connectivity index (χ2v) is 6.40. The van der Waals surface area contributed by atoms with Crippen molar-refractivity contribution in [2.24, 2.45) is 0 Å². The first-order valence-electron chi connectivity index (χ1n) is 8.93. The molecule has 8 heteroatoms. The Morgan fingerprint density at radius 2 is 1.90 bits per heavy atom. The quantitative estimate of drug-likeness (QED) is 0.458. The number of amides is 3. The van der Waals surface area contributed by atoms with Crippen LogP contribution in [0.2, 0.25) is 0 Å². The van der Waals surface area contributed by atoms with E-state index in [1.807, 2.05) is 12.1 Å². The average molecular weight is 393 g/mol. The van der Waals surface area contributed by atoms with Crippen LogP contribution in [0.3, 0.4) is 0 Å². The summed E-state index contributed by atoms with van der Waals surface area (Å²) < 4.78 is 10.4. The van der Waals surface area contributed by atoms with Crippen molar-refractivity contribution in [2.75, 3.05) is 13.7 Å².